The first-order valence-electron chi connectivity index (χ1n) is 5.23. The Morgan fingerprint density at radius 1 is 1.22 bits per heavy atom. The van der Waals surface area contributed by atoms with Gasteiger partial charge in [-0.15, -0.1) is 0 Å². The van der Waals surface area contributed by atoms with Crippen molar-refractivity contribution < 1.29 is 13.2 Å². The maximum atomic E-state index is 12.7. The van der Waals surface area contributed by atoms with Crippen LogP contribution in [0.3, 0.4) is 0 Å². The van der Waals surface area contributed by atoms with E-state index in [0.717, 1.165) is 6.07 Å². The third kappa shape index (κ3) is 3.73. The molecule has 0 unspecified atom stereocenters. The summed E-state index contributed by atoms with van der Waals surface area (Å²) < 4.78 is 38.1. The minimum Gasteiger partial charge on any atom is -0.387 e. The minimum absolute atomic E-state index is 0.0109. The van der Waals surface area contributed by atoms with E-state index in [1.807, 2.05) is 20.8 Å². The number of hydrogen-bond donors (Lipinski definition) is 1. The first-order chi connectivity index (χ1) is 8.01. The van der Waals surface area contributed by atoms with Gasteiger partial charge < -0.3 is 5.73 Å². The van der Waals surface area contributed by atoms with Crippen molar-refractivity contribution in [2.75, 3.05) is 0 Å². The van der Waals surface area contributed by atoms with Crippen molar-refractivity contribution in [3.8, 4) is 0 Å². The van der Waals surface area contributed by atoms with E-state index in [4.69, 9.17) is 5.73 Å². The van der Waals surface area contributed by atoms with Gasteiger partial charge in [-0.3, -0.25) is 0 Å². The van der Waals surface area contributed by atoms with Gasteiger partial charge in [-0.2, -0.15) is 13.2 Å². The van der Waals surface area contributed by atoms with Crippen molar-refractivity contribution in [3.05, 3.63) is 28.2 Å². The highest BCUT2D eigenvalue weighted by atomic mass is 79.9. The van der Waals surface area contributed by atoms with Gasteiger partial charge in [0.1, 0.15) is 5.84 Å². The summed E-state index contributed by atoms with van der Waals surface area (Å²) in [6.07, 6.45) is -4.42. The molecule has 0 atom stereocenters. The Kier molecular flexibility index (Phi) is 4.10. The second-order valence-electron chi connectivity index (χ2n) is 4.91. The second kappa shape index (κ2) is 4.91. The summed E-state index contributed by atoms with van der Waals surface area (Å²) in [4.78, 5) is 4.02. The summed E-state index contributed by atoms with van der Waals surface area (Å²) in [6, 6.07) is 3.78. The predicted octanol–water partition coefficient (Wildman–Crippen LogP) is 4.50. The SMILES string of the molecule is CC(C)(C)C(N)=Nc1ccc(Br)c(C(F)(F)F)c1. The van der Waals surface area contributed by atoms with Crippen LogP contribution in [0.1, 0.15) is 26.3 Å². The van der Waals surface area contributed by atoms with Crippen molar-refractivity contribution in [1.29, 1.82) is 0 Å². The van der Waals surface area contributed by atoms with E-state index in [2.05, 4.69) is 20.9 Å². The zero-order valence-corrected chi connectivity index (χ0v) is 11.9. The number of alkyl halides is 3. The quantitative estimate of drug-likeness (QED) is 0.600. The smallest absolute Gasteiger partial charge is 0.387 e. The van der Waals surface area contributed by atoms with E-state index < -0.39 is 11.7 Å². The van der Waals surface area contributed by atoms with Crippen LogP contribution in [0.4, 0.5) is 18.9 Å². The lowest BCUT2D eigenvalue weighted by molar-refractivity contribution is -0.138. The Morgan fingerprint density at radius 3 is 2.22 bits per heavy atom. The normalized spacial score (nSPS) is 13.8. The molecule has 0 radical (unpaired) electrons. The number of benzene rings is 1. The van der Waals surface area contributed by atoms with E-state index in [1.165, 1.54) is 12.1 Å². The highest BCUT2D eigenvalue weighted by molar-refractivity contribution is 9.10. The summed E-state index contributed by atoms with van der Waals surface area (Å²) in [6.45, 7) is 5.53. The summed E-state index contributed by atoms with van der Waals surface area (Å²) in [5, 5.41) is 0. The van der Waals surface area contributed by atoms with Gasteiger partial charge in [0.25, 0.3) is 0 Å². The number of halogens is 4. The van der Waals surface area contributed by atoms with Gasteiger partial charge in [-0.1, -0.05) is 36.7 Å². The van der Waals surface area contributed by atoms with E-state index >= 15 is 0 Å². The molecule has 0 bridgehead atoms. The molecule has 2 nitrogen and oxygen atoms in total. The highest BCUT2D eigenvalue weighted by Gasteiger charge is 2.33. The number of rotatable bonds is 1. The van der Waals surface area contributed by atoms with E-state index in [-0.39, 0.29) is 21.4 Å². The van der Waals surface area contributed by atoms with Crippen LogP contribution in [0.25, 0.3) is 0 Å². The van der Waals surface area contributed by atoms with Gasteiger partial charge >= 0.3 is 6.18 Å². The van der Waals surface area contributed by atoms with Gasteiger partial charge in [0.05, 0.1) is 11.3 Å². The lowest BCUT2D eigenvalue weighted by Gasteiger charge is -2.17. The summed E-state index contributed by atoms with van der Waals surface area (Å²) in [7, 11) is 0. The molecule has 0 saturated heterocycles. The summed E-state index contributed by atoms with van der Waals surface area (Å²) in [5.41, 5.74) is 4.79. The topological polar surface area (TPSA) is 38.4 Å². The molecule has 0 spiro atoms. The molecule has 18 heavy (non-hydrogen) atoms. The average Bonchev–Trinajstić information content (AvgIpc) is 2.17. The minimum atomic E-state index is -4.42. The first-order valence-corrected chi connectivity index (χ1v) is 6.02. The van der Waals surface area contributed by atoms with Crippen LogP contribution in [0.15, 0.2) is 27.7 Å². The van der Waals surface area contributed by atoms with Crippen LogP contribution >= 0.6 is 15.9 Å². The third-order valence-electron chi connectivity index (χ3n) is 2.27. The molecule has 2 N–H and O–H groups in total. The summed E-state index contributed by atoms with van der Waals surface area (Å²) >= 11 is 2.87. The van der Waals surface area contributed by atoms with Crippen molar-refractivity contribution in [2.24, 2.45) is 16.1 Å². The third-order valence-corrected chi connectivity index (χ3v) is 2.96. The molecule has 0 amide bonds. The van der Waals surface area contributed by atoms with Crippen molar-refractivity contribution in [1.82, 2.24) is 0 Å². The van der Waals surface area contributed by atoms with Gasteiger partial charge in [0.2, 0.25) is 0 Å². The van der Waals surface area contributed by atoms with E-state index in [1.54, 1.807) is 0 Å². The molecule has 1 aromatic carbocycles. The number of aliphatic imine (C=N–C) groups is 1. The van der Waals surface area contributed by atoms with Crippen LogP contribution in [-0.2, 0) is 6.18 Å². The van der Waals surface area contributed by atoms with Crippen LogP contribution in [0.2, 0.25) is 0 Å². The molecule has 100 valence electrons. The van der Waals surface area contributed by atoms with Crippen LogP contribution < -0.4 is 5.73 Å². The van der Waals surface area contributed by atoms with Gasteiger partial charge in [-0.05, 0) is 18.2 Å². The fourth-order valence-corrected chi connectivity index (χ4v) is 1.58. The van der Waals surface area contributed by atoms with Gasteiger partial charge in [-0.25, -0.2) is 4.99 Å². The van der Waals surface area contributed by atoms with Crippen LogP contribution in [0, 0.1) is 5.41 Å². The maximum absolute atomic E-state index is 12.7. The molecular formula is C12H14BrF3N2. The highest BCUT2D eigenvalue weighted by Crippen LogP contribution is 2.37. The standard InChI is InChI=1S/C12H14BrF3N2/c1-11(2,3)10(17)18-7-4-5-9(13)8(6-7)12(14,15)16/h4-6H,1-3H3,(H2,17,18). The van der Waals surface area contributed by atoms with Crippen LogP contribution in [-0.4, -0.2) is 5.84 Å². The Hall–Kier alpha value is -1.04. The molecule has 0 aromatic heterocycles. The number of nitrogens with two attached hydrogens (primary N) is 1. The lowest BCUT2D eigenvalue weighted by Crippen LogP contribution is -2.28. The number of hydrogen-bond acceptors (Lipinski definition) is 1. The number of nitrogens with zero attached hydrogens (tertiary/aromatic N) is 1. The van der Waals surface area contributed by atoms with Crippen molar-refractivity contribution >= 4 is 27.5 Å². The fourth-order valence-electron chi connectivity index (χ4n) is 1.11. The Balaban J connectivity index is 3.23. The zero-order valence-electron chi connectivity index (χ0n) is 10.3. The maximum Gasteiger partial charge on any atom is 0.417 e. The molecule has 0 saturated carbocycles. The molecule has 0 aliphatic rings. The van der Waals surface area contributed by atoms with Crippen molar-refractivity contribution in [3.63, 3.8) is 0 Å². The average molecular weight is 323 g/mol. The molecule has 1 rings (SSSR count). The van der Waals surface area contributed by atoms with Crippen LogP contribution in [0.5, 0.6) is 0 Å². The molecule has 0 aliphatic carbocycles. The largest absolute Gasteiger partial charge is 0.417 e. The molecular weight excluding hydrogens is 309 g/mol. The Labute approximate surface area is 112 Å². The molecule has 0 fully saturated rings. The lowest BCUT2D eigenvalue weighted by atomic mass is 9.95. The van der Waals surface area contributed by atoms with Gasteiger partial charge in [0, 0.05) is 9.89 Å². The molecule has 0 aliphatic heterocycles. The van der Waals surface area contributed by atoms with Crippen molar-refractivity contribution in [2.45, 2.75) is 26.9 Å². The number of amidine groups is 1. The molecule has 0 heterocycles. The Bertz CT molecular complexity index is 473. The molecule has 6 heteroatoms. The second-order valence-corrected chi connectivity index (χ2v) is 5.76. The zero-order chi connectivity index (χ0) is 14.1. The Morgan fingerprint density at radius 2 is 1.78 bits per heavy atom. The van der Waals surface area contributed by atoms with Gasteiger partial charge in [0.15, 0.2) is 0 Å². The predicted molar refractivity (Wildman–Crippen MR) is 69.9 cm³/mol. The first kappa shape index (κ1) is 15.0. The summed E-state index contributed by atoms with van der Waals surface area (Å²) in [5.74, 6) is 0.290. The fraction of sp³-hybridized carbons (Fsp3) is 0.417. The van der Waals surface area contributed by atoms with E-state index in [0.29, 0.717) is 0 Å². The molecule has 1 aromatic rings. The monoisotopic (exact) mass is 322 g/mol. The van der Waals surface area contributed by atoms with E-state index in [9.17, 15) is 13.2 Å².